The van der Waals surface area contributed by atoms with E-state index in [1.54, 1.807) is 29.9 Å². The predicted octanol–water partition coefficient (Wildman–Crippen LogP) is 2.56. The lowest BCUT2D eigenvalue weighted by atomic mass is 10.3. The minimum atomic E-state index is 0.459. The molecule has 84 valence electrons. The second-order valence-corrected chi connectivity index (χ2v) is 4.36. The minimum Gasteiger partial charge on any atom is -0.333 e. The highest BCUT2D eigenvalue weighted by atomic mass is 32.1. The van der Waals surface area contributed by atoms with Crippen LogP contribution in [0.2, 0.25) is 0 Å². The normalized spacial score (nSPS) is 10.6. The van der Waals surface area contributed by atoms with Crippen LogP contribution in [0.15, 0.2) is 34.6 Å². The van der Waals surface area contributed by atoms with E-state index in [0.717, 1.165) is 10.4 Å². The summed E-state index contributed by atoms with van der Waals surface area (Å²) in [6.07, 6.45) is 4.81. The average Bonchev–Trinajstić information content (AvgIpc) is 2.98. The maximum absolute atomic E-state index is 5.23. The molecule has 6 heteroatoms. The molecule has 0 atom stereocenters. The highest BCUT2D eigenvalue weighted by Crippen LogP contribution is 2.28. The second-order valence-electron chi connectivity index (χ2n) is 3.45. The van der Waals surface area contributed by atoms with E-state index in [2.05, 4.69) is 20.1 Å². The van der Waals surface area contributed by atoms with Gasteiger partial charge in [-0.2, -0.15) is 4.98 Å². The number of aryl methyl sites for hydroxylation is 1. The van der Waals surface area contributed by atoms with Crippen LogP contribution >= 0.6 is 11.3 Å². The van der Waals surface area contributed by atoms with E-state index in [-0.39, 0.29) is 0 Å². The summed E-state index contributed by atoms with van der Waals surface area (Å²) in [4.78, 5) is 13.4. The molecule has 3 rings (SSSR count). The molecule has 0 bridgehead atoms. The van der Waals surface area contributed by atoms with Gasteiger partial charge in [0.05, 0.1) is 11.1 Å². The first-order valence-electron chi connectivity index (χ1n) is 4.99. The topological polar surface area (TPSA) is 64.7 Å². The third-order valence-electron chi connectivity index (χ3n) is 2.27. The molecular formula is C11H8N4OS. The van der Waals surface area contributed by atoms with E-state index in [1.165, 1.54) is 0 Å². The first-order valence-corrected chi connectivity index (χ1v) is 5.87. The molecule has 0 aliphatic carbocycles. The average molecular weight is 244 g/mol. The van der Waals surface area contributed by atoms with Crippen molar-refractivity contribution in [3.8, 4) is 22.3 Å². The number of thiophene rings is 1. The zero-order valence-electron chi connectivity index (χ0n) is 8.99. The highest BCUT2D eigenvalue weighted by Gasteiger charge is 2.14. The molecule has 17 heavy (non-hydrogen) atoms. The zero-order chi connectivity index (χ0) is 11.7. The molecule has 3 aromatic rings. The number of hydrogen-bond donors (Lipinski definition) is 0. The van der Waals surface area contributed by atoms with E-state index in [9.17, 15) is 0 Å². The third kappa shape index (κ3) is 1.83. The fourth-order valence-electron chi connectivity index (χ4n) is 1.43. The number of rotatable bonds is 2. The van der Waals surface area contributed by atoms with Crippen LogP contribution in [0.1, 0.15) is 5.56 Å². The maximum atomic E-state index is 5.23. The SMILES string of the molecule is Cc1ccsc1-c1nc(-c2cnccn2)no1. The molecule has 0 amide bonds. The monoisotopic (exact) mass is 244 g/mol. The van der Waals surface area contributed by atoms with Gasteiger partial charge in [-0.3, -0.25) is 4.98 Å². The standard InChI is InChI=1S/C11H8N4OS/c1-7-2-5-17-9(7)11-14-10(15-16-11)8-6-12-3-4-13-8/h2-6H,1H3. The molecule has 5 nitrogen and oxygen atoms in total. The van der Waals surface area contributed by atoms with Crippen LogP contribution < -0.4 is 0 Å². The lowest BCUT2D eigenvalue weighted by Gasteiger charge is -1.90. The second kappa shape index (κ2) is 4.06. The third-order valence-corrected chi connectivity index (χ3v) is 3.28. The summed E-state index contributed by atoms with van der Waals surface area (Å²) < 4.78 is 5.23. The number of nitrogens with zero attached hydrogens (tertiary/aromatic N) is 4. The van der Waals surface area contributed by atoms with Gasteiger partial charge < -0.3 is 4.52 Å². The summed E-state index contributed by atoms with van der Waals surface area (Å²) in [5.74, 6) is 0.985. The Morgan fingerprint density at radius 3 is 2.94 bits per heavy atom. The van der Waals surface area contributed by atoms with Gasteiger partial charge in [-0.1, -0.05) is 5.16 Å². The van der Waals surface area contributed by atoms with Crippen molar-refractivity contribution in [3.05, 3.63) is 35.6 Å². The number of aromatic nitrogens is 4. The molecule has 3 heterocycles. The highest BCUT2D eigenvalue weighted by molar-refractivity contribution is 7.13. The van der Waals surface area contributed by atoms with Gasteiger partial charge in [-0.25, -0.2) is 4.98 Å². The Hall–Kier alpha value is -2.08. The van der Waals surface area contributed by atoms with Crippen LogP contribution in [0.25, 0.3) is 22.3 Å². The fraction of sp³-hybridized carbons (Fsp3) is 0.0909. The van der Waals surface area contributed by atoms with Crippen LogP contribution in [0, 0.1) is 6.92 Å². The molecule has 0 aromatic carbocycles. The van der Waals surface area contributed by atoms with Gasteiger partial charge in [0, 0.05) is 12.4 Å². The molecule has 0 N–H and O–H groups in total. The lowest BCUT2D eigenvalue weighted by Crippen LogP contribution is -1.85. The predicted molar refractivity (Wildman–Crippen MR) is 63.4 cm³/mol. The van der Waals surface area contributed by atoms with E-state index in [4.69, 9.17) is 4.52 Å². The summed E-state index contributed by atoms with van der Waals surface area (Å²) in [5, 5.41) is 5.90. The van der Waals surface area contributed by atoms with Crippen molar-refractivity contribution in [2.45, 2.75) is 6.92 Å². The first-order chi connectivity index (χ1) is 8.34. The van der Waals surface area contributed by atoms with Crippen LogP contribution in [-0.2, 0) is 0 Å². The van der Waals surface area contributed by atoms with Gasteiger partial charge in [0.2, 0.25) is 5.82 Å². The van der Waals surface area contributed by atoms with Gasteiger partial charge >= 0.3 is 0 Å². The van der Waals surface area contributed by atoms with Crippen LogP contribution in [0.4, 0.5) is 0 Å². The Morgan fingerprint density at radius 2 is 2.24 bits per heavy atom. The van der Waals surface area contributed by atoms with E-state index >= 15 is 0 Å². The van der Waals surface area contributed by atoms with Crippen molar-refractivity contribution >= 4 is 11.3 Å². The molecule has 0 fully saturated rings. The Kier molecular flexibility index (Phi) is 2.41. The smallest absolute Gasteiger partial charge is 0.268 e. The van der Waals surface area contributed by atoms with E-state index < -0.39 is 0 Å². The Balaban J connectivity index is 2.02. The van der Waals surface area contributed by atoms with Crippen LogP contribution in [0.3, 0.4) is 0 Å². The van der Waals surface area contributed by atoms with Crippen molar-refractivity contribution in [2.75, 3.05) is 0 Å². The van der Waals surface area contributed by atoms with Crippen LogP contribution in [-0.4, -0.2) is 20.1 Å². The molecule has 0 aliphatic heterocycles. The lowest BCUT2D eigenvalue weighted by molar-refractivity contribution is 0.433. The summed E-state index contributed by atoms with van der Waals surface area (Å²) in [7, 11) is 0. The maximum Gasteiger partial charge on any atom is 0.268 e. The van der Waals surface area contributed by atoms with Crippen molar-refractivity contribution in [3.63, 3.8) is 0 Å². The van der Waals surface area contributed by atoms with Gasteiger partial charge in [-0.15, -0.1) is 11.3 Å². The zero-order valence-corrected chi connectivity index (χ0v) is 9.81. The van der Waals surface area contributed by atoms with Gasteiger partial charge in [0.15, 0.2) is 0 Å². The van der Waals surface area contributed by atoms with Gasteiger partial charge in [0.1, 0.15) is 5.69 Å². The van der Waals surface area contributed by atoms with Crippen molar-refractivity contribution in [1.29, 1.82) is 0 Å². The first kappa shape index (κ1) is 10.1. The van der Waals surface area contributed by atoms with E-state index in [1.807, 2.05) is 18.4 Å². The molecule has 0 aliphatic rings. The quantitative estimate of drug-likeness (QED) is 0.693. The molecule has 0 saturated carbocycles. The fourth-order valence-corrected chi connectivity index (χ4v) is 2.27. The number of hydrogen-bond acceptors (Lipinski definition) is 6. The molecule has 0 radical (unpaired) electrons. The van der Waals surface area contributed by atoms with Crippen molar-refractivity contribution < 1.29 is 4.52 Å². The minimum absolute atomic E-state index is 0.459. The van der Waals surface area contributed by atoms with Crippen LogP contribution in [0.5, 0.6) is 0 Å². The molecule has 0 unspecified atom stereocenters. The largest absolute Gasteiger partial charge is 0.333 e. The van der Waals surface area contributed by atoms with Crippen molar-refractivity contribution in [1.82, 2.24) is 20.1 Å². The summed E-state index contributed by atoms with van der Waals surface area (Å²) >= 11 is 1.58. The summed E-state index contributed by atoms with van der Waals surface area (Å²) in [6, 6.07) is 2.02. The Bertz CT molecular complexity index is 632. The molecule has 0 spiro atoms. The van der Waals surface area contributed by atoms with Crippen molar-refractivity contribution in [2.24, 2.45) is 0 Å². The summed E-state index contributed by atoms with van der Waals surface area (Å²) in [5.41, 5.74) is 1.74. The summed E-state index contributed by atoms with van der Waals surface area (Å²) in [6.45, 7) is 2.01. The Morgan fingerprint density at radius 1 is 1.29 bits per heavy atom. The van der Waals surface area contributed by atoms with E-state index in [0.29, 0.717) is 17.4 Å². The van der Waals surface area contributed by atoms with Gasteiger partial charge in [0.25, 0.3) is 5.89 Å². The van der Waals surface area contributed by atoms with Gasteiger partial charge in [-0.05, 0) is 23.9 Å². The Labute approximate surface area is 101 Å². The molecule has 3 aromatic heterocycles. The molecular weight excluding hydrogens is 236 g/mol. The molecule has 0 saturated heterocycles.